The Bertz CT molecular complexity index is 643. The summed E-state index contributed by atoms with van der Waals surface area (Å²) in [6.07, 6.45) is 0.781. The monoisotopic (exact) mass is 232 g/mol. The molecule has 0 aliphatic carbocycles. The number of rotatable bonds is 1. The number of carbonyl (C=O) groups is 1. The first-order chi connectivity index (χ1) is 8.09. The van der Waals surface area contributed by atoms with Crippen molar-refractivity contribution in [1.82, 2.24) is 4.98 Å². The number of phenolic OH excluding ortho intramolecular Hbond substituents is 1. The molecule has 0 unspecified atom stereocenters. The van der Waals surface area contributed by atoms with E-state index in [-0.39, 0.29) is 11.3 Å². The molecule has 1 aliphatic rings. The zero-order chi connectivity index (χ0) is 12.2. The molecular formula is C12H12N2O3. The van der Waals surface area contributed by atoms with Crippen molar-refractivity contribution in [2.75, 3.05) is 11.9 Å². The predicted octanol–water partition coefficient (Wildman–Crippen LogP) is 1.85. The van der Waals surface area contributed by atoms with Gasteiger partial charge in [-0.3, -0.25) is 0 Å². The predicted molar refractivity (Wildman–Crippen MR) is 63.9 cm³/mol. The van der Waals surface area contributed by atoms with E-state index in [2.05, 4.69) is 10.3 Å². The molecular weight excluding hydrogens is 220 g/mol. The fraction of sp³-hybridized carbons (Fsp3) is 0.250. The fourth-order valence-electron chi connectivity index (χ4n) is 2.56. The number of hydrogen-bond acceptors (Lipinski definition) is 3. The van der Waals surface area contributed by atoms with Crippen molar-refractivity contribution >= 4 is 22.6 Å². The van der Waals surface area contributed by atoms with Crippen LogP contribution in [0.4, 0.5) is 5.69 Å². The van der Waals surface area contributed by atoms with E-state index in [1.54, 1.807) is 13.0 Å². The molecule has 0 amide bonds. The highest BCUT2D eigenvalue weighted by molar-refractivity contribution is 6.09. The number of anilines is 1. The second-order valence-corrected chi connectivity index (χ2v) is 4.28. The molecule has 88 valence electrons. The first-order valence-electron chi connectivity index (χ1n) is 5.44. The fourth-order valence-corrected chi connectivity index (χ4v) is 2.56. The van der Waals surface area contributed by atoms with Gasteiger partial charge in [-0.15, -0.1) is 0 Å². The lowest BCUT2D eigenvalue weighted by Gasteiger charge is -2.04. The van der Waals surface area contributed by atoms with E-state index in [1.165, 1.54) is 0 Å². The number of nitrogens with one attached hydrogen (secondary N) is 2. The van der Waals surface area contributed by atoms with Crippen molar-refractivity contribution in [2.24, 2.45) is 0 Å². The Kier molecular flexibility index (Phi) is 1.86. The van der Waals surface area contributed by atoms with Crippen LogP contribution in [0.25, 0.3) is 10.9 Å². The molecule has 0 spiro atoms. The number of benzene rings is 1. The molecule has 0 radical (unpaired) electrons. The number of hydrogen-bond donors (Lipinski definition) is 4. The summed E-state index contributed by atoms with van der Waals surface area (Å²) < 4.78 is 0. The number of H-pyrrole nitrogens is 1. The molecule has 17 heavy (non-hydrogen) atoms. The van der Waals surface area contributed by atoms with E-state index in [1.807, 2.05) is 0 Å². The van der Waals surface area contributed by atoms with Crippen molar-refractivity contribution < 1.29 is 15.0 Å². The summed E-state index contributed by atoms with van der Waals surface area (Å²) in [5.74, 6) is -0.878. The Balaban J connectivity index is 2.50. The lowest BCUT2D eigenvalue weighted by Crippen LogP contribution is -1.98. The van der Waals surface area contributed by atoms with Crippen LogP contribution in [-0.2, 0) is 6.42 Å². The molecule has 1 aromatic carbocycles. The number of phenols is 1. The van der Waals surface area contributed by atoms with Gasteiger partial charge >= 0.3 is 5.97 Å². The van der Waals surface area contributed by atoms with Crippen LogP contribution in [-0.4, -0.2) is 27.7 Å². The first kappa shape index (κ1) is 10.0. The standard InChI is InChI=1S/C12H12N2O3/c1-5-9(12(16)17)10-6-2-3-13-7(6)4-8(15)11(10)14-5/h4,13-15H,2-3H2,1H3,(H,16,17). The van der Waals surface area contributed by atoms with E-state index in [0.717, 1.165) is 24.2 Å². The number of aromatic hydroxyl groups is 1. The average Bonchev–Trinajstić information content (AvgIpc) is 2.80. The summed E-state index contributed by atoms with van der Waals surface area (Å²) in [5, 5.41) is 22.9. The topological polar surface area (TPSA) is 85.3 Å². The third-order valence-corrected chi connectivity index (χ3v) is 3.26. The van der Waals surface area contributed by atoms with E-state index in [0.29, 0.717) is 16.6 Å². The maximum atomic E-state index is 11.3. The number of aromatic nitrogens is 1. The maximum Gasteiger partial charge on any atom is 0.338 e. The molecule has 4 N–H and O–H groups in total. The zero-order valence-electron chi connectivity index (χ0n) is 9.29. The van der Waals surface area contributed by atoms with Crippen molar-refractivity contribution in [3.63, 3.8) is 0 Å². The summed E-state index contributed by atoms with van der Waals surface area (Å²) in [4.78, 5) is 14.2. The second kappa shape index (κ2) is 3.16. The van der Waals surface area contributed by atoms with Crippen LogP contribution >= 0.6 is 0 Å². The third kappa shape index (κ3) is 1.22. The molecule has 0 saturated heterocycles. The van der Waals surface area contributed by atoms with E-state index in [4.69, 9.17) is 0 Å². The highest BCUT2D eigenvalue weighted by Crippen LogP contribution is 2.39. The summed E-state index contributed by atoms with van der Waals surface area (Å²) in [6.45, 7) is 2.48. The Morgan fingerprint density at radius 3 is 2.94 bits per heavy atom. The number of carboxylic acid groups (broad SMARTS) is 1. The molecule has 2 aromatic rings. The molecule has 5 nitrogen and oxygen atoms in total. The van der Waals surface area contributed by atoms with Gasteiger partial charge in [0.1, 0.15) is 5.75 Å². The summed E-state index contributed by atoms with van der Waals surface area (Å²) in [5.41, 5.74) is 3.15. The highest BCUT2D eigenvalue weighted by Gasteiger charge is 2.24. The van der Waals surface area contributed by atoms with Crippen LogP contribution in [0.3, 0.4) is 0 Å². The molecule has 1 aliphatic heterocycles. The van der Waals surface area contributed by atoms with Crippen LogP contribution in [0.1, 0.15) is 21.6 Å². The lowest BCUT2D eigenvalue weighted by molar-refractivity contribution is 0.0698. The normalized spacial score (nSPS) is 13.7. The Morgan fingerprint density at radius 1 is 1.47 bits per heavy atom. The second-order valence-electron chi connectivity index (χ2n) is 4.28. The van der Waals surface area contributed by atoms with Crippen molar-refractivity contribution in [1.29, 1.82) is 0 Å². The first-order valence-corrected chi connectivity index (χ1v) is 5.44. The van der Waals surface area contributed by atoms with Gasteiger partial charge in [-0.05, 0) is 18.9 Å². The van der Waals surface area contributed by atoms with Gasteiger partial charge in [-0.1, -0.05) is 0 Å². The smallest absolute Gasteiger partial charge is 0.338 e. The van der Waals surface area contributed by atoms with Crippen molar-refractivity contribution in [3.8, 4) is 5.75 Å². The van der Waals surface area contributed by atoms with Crippen molar-refractivity contribution in [3.05, 3.63) is 22.9 Å². The van der Waals surface area contributed by atoms with Gasteiger partial charge in [-0.25, -0.2) is 4.79 Å². The third-order valence-electron chi connectivity index (χ3n) is 3.26. The molecule has 0 atom stereocenters. The molecule has 0 bridgehead atoms. The number of aromatic carboxylic acids is 1. The van der Waals surface area contributed by atoms with Gasteiger partial charge in [0.25, 0.3) is 0 Å². The largest absolute Gasteiger partial charge is 0.506 e. The minimum Gasteiger partial charge on any atom is -0.506 e. The summed E-state index contributed by atoms with van der Waals surface area (Å²) >= 11 is 0. The molecule has 5 heteroatoms. The highest BCUT2D eigenvalue weighted by atomic mass is 16.4. The molecule has 0 fully saturated rings. The quantitative estimate of drug-likeness (QED) is 0.604. The van der Waals surface area contributed by atoms with Crippen LogP contribution in [0, 0.1) is 6.92 Å². The van der Waals surface area contributed by atoms with Crippen molar-refractivity contribution in [2.45, 2.75) is 13.3 Å². The SMILES string of the molecule is Cc1[nH]c2c(O)cc3c(c2c1C(=O)O)CCN3. The molecule has 3 rings (SSSR count). The minimum atomic E-state index is -0.964. The Morgan fingerprint density at radius 2 is 2.24 bits per heavy atom. The Labute approximate surface area is 97.1 Å². The minimum absolute atomic E-state index is 0.0868. The van der Waals surface area contributed by atoms with Gasteiger partial charge in [0, 0.05) is 29.4 Å². The van der Waals surface area contributed by atoms with Crippen LogP contribution in [0.2, 0.25) is 0 Å². The van der Waals surface area contributed by atoms with Gasteiger partial charge < -0.3 is 20.5 Å². The summed E-state index contributed by atoms with van der Waals surface area (Å²) in [6, 6.07) is 1.65. The summed E-state index contributed by atoms with van der Waals surface area (Å²) in [7, 11) is 0. The van der Waals surface area contributed by atoms with Gasteiger partial charge in [-0.2, -0.15) is 0 Å². The van der Waals surface area contributed by atoms with E-state index < -0.39 is 5.97 Å². The Hall–Kier alpha value is -2.17. The number of carboxylic acids is 1. The average molecular weight is 232 g/mol. The number of aryl methyl sites for hydroxylation is 1. The molecule has 2 heterocycles. The molecule has 1 aromatic heterocycles. The van der Waals surface area contributed by atoms with Gasteiger partial charge in [0.05, 0.1) is 11.1 Å². The van der Waals surface area contributed by atoms with Gasteiger partial charge in [0.15, 0.2) is 0 Å². The van der Waals surface area contributed by atoms with E-state index in [9.17, 15) is 15.0 Å². The van der Waals surface area contributed by atoms with Gasteiger partial charge in [0.2, 0.25) is 0 Å². The van der Waals surface area contributed by atoms with Crippen LogP contribution < -0.4 is 5.32 Å². The maximum absolute atomic E-state index is 11.3. The number of fused-ring (bicyclic) bond motifs is 3. The zero-order valence-corrected chi connectivity index (χ0v) is 9.29. The lowest BCUT2D eigenvalue weighted by atomic mass is 10.0. The number of aromatic amines is 1. The van der Waals surface area contributed by atoms with Crippen LogP contribution in [0.15, 0.2) is 6.07 Å². The van der Waals surface area contributed by atoms with Crippen LogP contribution in [0.5, 0.6) is 5.75 Å². The van der Waals surface area contributed by atoms with E-state index >= 15 is 0 Å². The molecule has 0 saturated carbocycles.